The first-order chi connectivity index (χ1) is 14.2. The molecule has 0 unspecified atom stereocenters. The lowest BCUT2D eigenvalue weighted by atomic mass is 10.2. The number of aromatic nitrogens is 1. The van der Waals surface area contributed by atoms with Crippen LogP contribution in [-0.2, 0) is 11.2 Å². The summed E-state index contributed by atoms with van der Waals surface area (Å²) in [5.41, 5.74) is 0. The Kier molecular flexibility index (Phi) is 11.4. The third-order valence-electron chi connectivity index (χ3n) is 5.58. The van der Waals surface area contributed by atoms with Crippen LogP contribution in [-0.4, -0.2) is 90.5 Å². The molecule has 0 aliphatic carbocycles. The summed E-state index contributed by atoms with van der Waals surface area (Å²) < 4.78 is 0. The molecule has 1 N–H and O–H groups in total. The summed E-state index contributed by atoms with van der Waals surface area (Å²) in [6.45, 7) is 11.9. The Morgan fingerprint density at radius 3 is 2.40 bits per heavy atom. The van der Waals surface area contributed by atoms with Crippen molar-refractivity contribution < 1.29 is 4.79 Å². The number of likely N-dealkylation sites (tertiary alicyclic amines) is 1. The summed E-state index contributed by atoms with van der Waals surface area (Å²) >= 11 is 1.75. The molecule has 9 heteroatoms. The number of nitrogens with zero attached hydrogens (tertiary/aromatic N) is 5. The van der Waals surface area contributed by atoms with Crippen molar-refractivity contribution in [2.24, 2.45) is 4.99 Å². The summed E-state index contributed by atoms with van der Waals surface area (Å²) in [7, 11) is 0. The molecule has 0 bridgehead atoms. The number of amides is 1. The molecule has 0 aromatic carbocycles. The van der Waals surface area contributed by atoms with Crippen LogP contribution in [0.5, 0.6) is 0 Å². The first kappa shape index (κ1) is 25.3. The minimum Gasteiger partial charge on any atom is -0.357 e. The van der Waals surface area contributed by atoms with Crippen molar-refractivity contribution in [3.8, 4) is 0 Å². The zero-order valence-corrected chi connectivity index (χ0v) is 21.6. The van der Waals surface area contributed by atoms with Gasteiger partial charge in [0.05, 0.1) is 11.6 Å². The van der Waals surface area contributed by atoms with Gasteiger partial charge in [-0.05, 0) is 26.7 Å². The van der Waals surface area contributed by atoms with E-state index >= 15 is 0 Å². The molecule has 1 amide bonds. The second-order valence-corrected chi connectivity index (χ2v) is 9.23. The van der Waals surface area contributed by atoms with Gasteiger partial charge in [-0.1, -0.05) is 12.8 Å². The summed E-state index contributed by atoms with van der Waals surface area (Å²) in [6, 6.07) is 0. The van der Waals surface area contributed by atoms with Crippen molar-refractivity contribution >= 4 is 47.2 Å². The minimum absolute atomic E-state index is 0. The van der Waals surface area contributed by atoms with Crippen LogP contribution >= 0.6 is 35.3 Å². The number of nitrogens with one attached hydrogen (secondary N) is 1. The largest absolute Gasteiger partial charge is 0.357 e. The molecule has 170 valence electrons. The molecule has 2 aliphatic heterocycles. The average Bonchev–Trinajstić information content (AvgIpc) is 2.96. The first-order valence-electron chi connectivity index (χ1n) is 11.1. The van der Waals surface area contributed by atoms with Gasteiger partial charge in [-0.15, -0.1) is 35.3 Å². The van der Waals surface area contributed by atoms with E-state index in [0.29, 0.717) is 12.5 Å². The van der Waals surface area contributed by atoms with Crippen LogP contribution in [0.3, 0.4) is 0 Å². The van der Waals surface area contributed by atoms with Crippen molar-refractivity contribution in [3.05, 3.63) is 16.1 Å². The number of aryl methyl sites for hydroxylation is 1. The van der Waals surface area contributed by atoms with E-state index in [1.54, 1.807) is 11.3 Å². The molecular weight excluding hydrogens is 511 g/mol. The Morgan fingerprint density at radius 1 is 1.10 bits per heavy atom. The van der Waals surface area contributed by atoms with Crippen LogP contribution in [0, 0.1) is 6.92 Å². The lowest BCUT2D eigenvalue weighted by molar-refractivity contribution is -0.132. The number of hydrogen-bond donors (Lipinski definition) is 1. The maximum absolute atomic E-state index is 12.6. The predicted octanol–water partition coefficient (Wildman–Crippen LogP) is 2.60. The molecule has 2 aliphatic rings. The third-order valence-corrected chi connectivity index (χ3v) is 6.55. The third kappa shape index (κ3) is 7.96. The minimum atomic E-state index is 0. The quantitative estimate of drug-likeness (QED) is 0.337. The van der Waals surface area contributed by atoms with Crippen LogP contribution in [0.15, 0.2) is 11.2 Å². The fraction of sp³-hybridized carbons (Fsp3) is 0.762. The first-order valence-corrected chi connectivity index (χ1v) is 11.9. The van der Waals surface area contributed by atoms with Gasteiger partial charge in [0.2, 0.25) is 5.91 Å². The summed E-state index contributed by atoms with van der Waals surface area (Å²) in [6.07, 6.45) is 7.65. The molecule has 1 aromatic rings. The van der Waals surface area contributed by atoms with E-state index in [2.05, 4.69) is 38.8 Å². The lowest BCUT2D eigenvalue weighted by Crippen LogP contribution is -2.54. The Morgan fingerprint density at radius 2 is 1.80 bits per heavy atom. The summed E-state index contributed by atoms with van der Waals surface area (Å²) in [4.78, 5) is 29.8. The van der Waals surface area contributed by atoms with Gasteiger partial charge in [-0.25, -0.2) is 4.98 Å². The van der Waals surface area contributed by atoms with Crippen molar-refractivity contribution in [2.75, 3.05) is 58.9 Å². The number of guanidine groups is 1. The van der Waals surface area contributed by atoms with Gasteiger partial charge in [0.25, 0.3) is 0 Å². The standard InChI is InChI=1S/C21H36N6OS.HI/c1-3-22-21(23-9-8-19-24-16-18(2)29-19)27-14-12-25(13-15-27)17-20(28)26-10-6-4-5-7-11-26;/h16H,3-15,17H2,1-2H3,(H,22,23);1H. The summed E-state index contributed by atoms with van der Waals surface area (Å²) in [5.74, 6) is 1.29. The van der Waals surface area contributed by atoms with Gasteiger partial charge in [0, 0.05) is 69.9 Å². The fourth-order valence-electron chi connectivity index (χ4n) is 3.93. The number of piperazine rings is 1. The predicted molar refractivity (Wildman–Crippen MR) is 135 cm³/mol. The average molecular weight is 549 g/mol. The van der Waals surface area contributed by atoms with Crippen molar-refractivity contribution in [3.63, 3.8) is 0 Å². The van der Waals surface area contributed by atoms with Crippen molar-refractivity contribution in [2.45, 2.75) is 46.0 Å². The Bertz CT molecular complexity index is 666. The molecule has 7 nitrogen and oxygen atoms in total. The highest BCUT2D eigenvalue weighted by atomic mass is 127. The fourth-order valence-corrected chi connectivity index (χ4v) is 4.71. The Hall–Kier alpha value is -0.940. The number of aliphatic imine (C=N–C) groups is 1. The highest BCUT2D eigenvalue weighted by Gasteiger charge is 2.23. The van der Waals surface area contributed by atoms with Crippen LogP contribution in [0.1, 0.15) is 42.5 Å². The number of halogens is 1. The molecule has 1 aromatic heterocycles. The van der Waals surface area contributed by atoms with Crippen LogP contribution in [0.25, 0.3) is 0 Å². The SMILES string of the molecule is CCNC(=NCCc1ncc(C)s1)N1CCN(CC(=O)N2CCCCCC2)CC1.I. The highest BCUT2D eigenvalue weighted by molar-refractivity contribution is 14.0. The van der Waals surface area contributed by atoms with E-state index in [1.807, 2.05) is 6.20 Å². The number of hydrogen-bond acceptors (Lipinski definition) is 5. The van der Waals surface area contributed by atoms with E-state index < -0.39 is 0 Å². The zero-order chi connectivity index (χ0) is 20.5. The molecule has 0 saturated carbocycles. The molecule has 0 atom stereocenters. The lowest BCUT2D eigenvalue weighted by Gasteiger charge is -2.37. The maximum atomic E-state index is 12.6. The van der Waals surface area contributed by atoms with E-state index in [-0.39, 0.29) is 24.0 Å². The number of thiazole rings is 1. The van der Waals surface area contributed by atoms with Gasteiger partial charge in [-0.2, -0.15) is 0 Å². The van der Waals surface area contributed by atoms with E-state index in [9.17, 15) is 4.79 Å². The van der Waals surface area contributed by atoms with E-state index in [4.69, 9.17) is 4.99 Å². The highest BCUT2D eigenvalue weighted by Crippen LogP contribution is 2.12. The van der Waals surface area contributed by atoms with Crippen LogP contribution < -0.4 is 5.32 Å². The molecule has 3 rings (SSSR count). The second kappa shape index (κ2) is 13.5. The van der Waals surface area contributed by atoms with Crippen molar-refractivity contribution in [1.29, 1.82) is 0 Å². The van der Waals surface area contributed by atoms with E-state index in [1.165, 1.54) is 17.7 Å². The normalized spacial score (nSPS) is 18.7. The molecule has 3 heterocycles. The maximum Gasteiger partial charge on any atom is 0.236 e. The van der Waals surface area contributed by atoms with E-state index in [0.717, 1.165) is 82.6 Å². The Balaban J connectivity index is 0.00000320. The molecule has 0 radical (unpaired) electrons. The topological polar surface area (TPSA) is 64.1 Å². The second-order valence-electron chi connectivity index (χ2n) is 7.91. The molecule has 2 fully saturated rings. The molecular formula is C21H37IN6OS. The monoisotopic (exact) mass is 548 g/mol. The van der Waals surface area contributed by atoms with Crippen LogP contribution in [0.2, 0.25) is 0 Å². The van der Waals surface area contributed by atoms with Gasteiger partial charge < -0.3 is 15.1 Å². The van der Waals surface area contributed by atoms with Crippen molar-refractivity contribution in [1.82, 2.24) is 25.0 Å². The number of carbonyl (C=O) groups is 1. The van der Waals surface area contributed by atoms with Gasteiger partial charge in [0.15, 0.2) is 5.96 Å². The smallest absolute Gasteiger partial charge is 0.236 e. The van der Waals surface area contributed by atoms with Gasteiger partial charge >= 0.3 is 0 Å². The summed E-state index contributed by atoms with van der Waals surface area (Å²) in [5, 5.41) is 4.58. The molecule has 30 heavy (non-hydrogen) atoms. The zero-order valence-electron chi connectivity index (χ0n) is 18.4. The Labute approximate surface area is 202 Å². The number of rotatable bonds is 6. The van der Waals surface area contributed by atoms with Crippen LogP contribution in [0.4, 0.5) is 0 Å². The molecule has 2 saturated heterocycles. The van der Waals surface area contributed by atoms with Gasteiger partial charge in [0.1, 0.15) is 0 Å². The number of carbonyl (C=O) groups excluding carboxylic acids is 1. The van der Waals surface area contributed by atoms with Gasteiger partial charge in [-0.3, -0.25) is 14.7 Å². The molecule has 0 spiro atoms.